The lowest BCUT2D eigenvalue weighted by Crippen LogP contribution is -2.19. The topological polar surface area (TPSA) is 26.3 Å². The summed E-state index contributed by atoms with van der Waals surface area (Å²) in [5, 5.41) is 0. The van der Waals surface area contributed by atoms with Gasteiger partial charge in [-0.05, 0) is 44.9 Å². The Morgan fingerprint density at radius 2 is 1.68 bits per heavy atom. The van der Waals surface area contributed by atoms with E-state index >= 15 is 0 Å². The average Bonchev–Trinajstić information content (AvgIpc) is 3.04. The molecule has 1 heterocycles. The first kappa shape index (κ1) is 21.9. The van der Waals surface area contributed by atoms with Crippen LogP contribution in [0.25, 0.3) is 0 Å². The second-order valence-electron chi connectivity index (χ2n) is 6.05. The molecular weight excluding hydrogens is 423 g/mol. The van der Waals surface area contributed by atoms with Gasteiger partial charge >= 0.3 is 5.97 Å². The number of esters is 1. The van der Waals surface area contributed by atoms with Crippen LogP contribution in [0.1, 0.15) is 58.3 Å². The number of ether oxygens (including phenoxy) is 1. The average molecular weight is 454 g/mol. The van der Waals surface area contributed by atoms with E-state index in [1.54, 1.807) is 0 Å². The molecule has 0 N–H and O–H groups in total. The highest BCUT2D eigenvalue weighted by Crippen LogP contribution is 2.24. The lowest BCUT2D eigenvalue weighted by atomic mass is 10.1. The molecule has 1 fully saturated rings. The predicted octanol–water partition coefficient (Wildman–Crippen LogP) is 6.64. The van der Waals surface area contributed by atoms with Crippen molar-refractivity contribution >= 4 is 28.6 Å². The van der Waals surface area contributed by atoms with Crippen molar-refractivity contribution < 1.29 is 9.53 Å². The molecule has 0 bridgehead atoms. The van der Waals surface area contributed by atoms with E-state index in [0.29, 0.717) is 10.3 Å². The van der Waals surface area contributed by atoms with E-state index in [9.17, 15) is 4.79 Å². The molecule has 0 saturated carbocycles. The first-order valence-corrected chi connectivity index (χ1v) is 10.6. The SMILES string of the molecule is CC/C=C\CC/C=C/C=C\C/C=C\C/C=C\CC(I)C1CCC(=O)O1. The van der Waals surface area contributed by atoms with Crippen molar-refractivity contribution in [2.24, 2.45) is 0 Å². The van der Waals surface area contributed by atoms with Crippen molar-refractivity contribution in [3.63, 3.8) is 0 Å². The standard InChI is InChI=1S/C22H31IO2/c1-2-3-4-5-6-7-8-9-10-11-12-13-14-15-16-17-20(23)21-18-19-22(24)25-21/h3-4,7-10,12-13,15-16,20-21H,2,5-6,11,14,17-19H2,1H3/b4-3-,8-7+,10-9-,13-12-,16-15-. The van der Waals surface area contributed by atoms with Gasteiger partial charge in [-0.3, -0.25) is 4.79 Å². The van der Waals surface area contributed by atoms with E-state index in [1.165, 1.54) is 0 Å². The molecule has 2 atom stereocenters. The Balaban J connectivity index is 2.02. The maximum atomic E-state index is 11.1. The van der Waals surface area contributed by atoms with Crippen LogP contribution in [-0.2, 0) is 9.53 Å². The van der Waals surface area contributed by atoms with E-state index in [-0.39, 0.29) is 12.1 Å². The summed E-state index contributed by atoms with van der Waals surface area (Å²) in [4.78, 5) is 11.1. The summed E-state index contributed by atoms with van der Waals surface area (Å²) in [6, 6.07) is 0. The normalized spacial score (nSPS) is 20.1. The van der Waals surface area contributed by atoms with Crippen LogP contribution in [0.3, 0.4) is 0 Å². The minimum atomic E-state index is -0.0465. The number of cyclic esters (lactones) is 1. The molecule has 138 valence electrons. The minimum Gasteiger partial charge on any atom is -0.461 e. The molecule has 3 heteroatoms. The quantitative estimate of drug-likeness (QED) is 0.0826. The van der Waals surface area contributed by atoms with Crippen molar-refractivity contribution in [2.45, 2.75) is 68.3 Å². The van der Waals surface area contributed by atoms with Crippen LogP contribution >= 0.6 is 22.6 Å². The van der Waals surface area contributed by atoms with E-state index in [0.717, 1.165) is 44.9 Å². The van der Waals surface area contributed by atoms with Gasteiger partial charge in [-0.15, -0.1) is 0 Å². The Bertz CT molecular complexity index is 500. The molecule has 1 saturated heterocycles. The lowest BCUT2D eigenvalue weighted by Gasteiger charge is -2.14. The molecular formula is C22H31IO2. The zero-order valence-corrected chi connectivity index (χ0v) is 17.4. The van der Waals surface area contributed by atoms with Gasteiger partial charge in [-0.1, -0.05) is 90.3 Å². The molecule has 0 spiro atoms. The molecule has 0 amide bonds. The van der Waals surface area contributed by atoms with Gasteiger partial charge < -0.3 is 4.74 Å². The van der Waals surface area contributed by atoms with Crippen LogP contribution in [-0.4, -0.2) is 16.0 Å². The lowest BCUT2D eigenvalue weighted by molar-refractivity contribution is -0.141. The predicted molar refractivity (Wildman–Crippen MR) is 116 cm³/mol. The second-order valence-corrected chi connectivity index (χ2v) is 7.65. The van der Waals surface area contributed by atoms with Crippen LogP contribution < -0.4 is 0 Å². The Morgan fingerprint density at radius 1 is 1.00 bits per heavy atom. The molecule has 0 radical (unpaired) electrons. The molecule has 25 heavy (non-hydrogen) atoms. The van der Waals surface area contributed by atoms with Gasteiger partial charge in [-0.2, -0.15) is 0 Å². The number of carbonyl (C=O) groups excluding carboxylic acids is 1. The fourth-order valence-corrected chi connectivity index (χ4v) is 3.23. The first-order chi connectivity index (χ1) is 12.2. The van der Waals surface area contributed by atoms with Gasteiger partial charge in [0.25, 0.3) is 0 Å². The molecule has 0 aromatic rings. The Kier molecular flexibility index (Phi) is 13.3. The zero-order valence-electron chi connectivity index (χ0n) is 15.3. The van der Waals surface area contributed by atoms with Crippen LogP contribution in [0, 0.1) is 0 Å². The highest BCUT2D eigenvalue weighted by atomic mass is 127. The molecule has 1 aliphatic heterocycles. The number of hydrogen-bond acceptors (Lipinski definition) is 2. The Labute approximate surface area is 166 Å². The maximum absolute atomic E-state index is 11.1. The highest BCUT2D eigenvalue weighted by Gasteiger charge is 2.28. The van der Waals surface area contributed by atoms with Gasteiger partial charge in [-0.25, -0.2) is 0 Å². The van der Waals surface area contributed by atoms with Crippen molar-refractivity contribution in [1.82, 2.24) is 0 Å². The Hall–Kier alpha value is -1.10. The molecule has 1 rings (SSSR count). The molecule has 1 aliphatic rings. The first-order valence-electron chi connectivity index (χ1n) is 9.34. The van der Waals surface area contributed by atoms with Gasteiger partial charge in [0.1, 0.15) is 6.10 Å². The third kappa shape index (κ3) is 12.0. The summed E-state index contributed by atoms with van der Waals surface area (Å²) in [6.45, 7) is 2.16. The summed E-state index contributed by atoms with van der Waals surface area (Å²) in [7, 11) is 0. The number of unbranched alkanes of at least 4 members (excludes halogenated alkanes) is 1. The Morgan fingerprint density at radius 3 is 2.40 bits per heavy atom. The van der Waals surface area contributed by atoms with Crippen LogP contribution in [0.5, 0.6) is 0 Å². The van der Waals surface area contributed by atoms with Crippen molar-refractivity contribution in [3.8, 4) is 0 Å². The van der Waals surface area contributed by atoms with Gasteiger partial charge in [0, 0.05) is 6.42 Å². The third-order valence-corrected chi connectivity index (χ3v) is 5.15. The van der Waals surface area contributed by atoms with Crippen molar-refractivity contribution in [1.29, 1.82) is 0 Å². The van der Waals surface area contributed by atoms with Crippen LogP contribution in [0.15, 0.2) is 60.8 Å². The number of halogens is 1. The zero-order chi connectivity index (χ0) is 18.2. The summed E-state index contributed by atoms with van der Waals surface area (Å²) < 4.78 is 5.67. The maximum Gasteiger partial charge on any atom is 0.306 e. The monoisotopic (exact) mass is 454 g/mol. The number of allylic oxidation sites excluding steroid dienone is 10. The van der Waals surface area contributed by atoms with Gasteiger partial charge in [0.2, 0.25) is 0 Å². The van der Waals surface area contributed by atoms with E-state index < -0.39 is 0 Å². The van der Waals surface area contributed by atoms with E-state index in [4.69, 9.17) is 4.74 Å². The van der Waals surface area contributed by atoms with E-state index in [1.807, 2.05) is 0 Å². The minimum absolute atomic E-state index is 0.0465. The molecule has 2 nitrogen and oxygen atoms in total. The van der Waals surface area contributed by atoms with Gasteiger partial charge in [0.05, 0.1) is 3.92 Å². The fourth-order valence-electron chi connectivity index (χ4n) is 2.43. The van der Waals surface area contributed by atoms with Gasteiger partial charge in [0.15, 0.2) is 0 Å². The molecule has 0 aromatic carbocycles. The van der Waals surface area contributed by atoms with Crippen LogP contribution in [0.4, 0.5) is 0 Å². The number of alkyl halides is 1. The smallest absolute Gasteiger partial charge is 0.306 e. The summed E-state index contributed by atoms with van der Waals surface area (Å²) in [5.74, 6) is -0.0465. The van der Waals surface area contributed by atoms with Crippen molar-refractivity contribution in [2.75, 3.05) is 0 Å². The fraction of sp³-hybridized carbons (Fsp3) is 0.500. The third-order valence-electron chi connectivity index (χ3n) is 3.84. The van der Waals surface area contributed by atoms with E-state index in [2.05, 4.69) is 90.3 Å². The summed E-state index contributed by atoms with van der Waals surface area (Å²) in [5.41, 5.74) is 0. The highest BCUT2D eigenvalue weighted by molar-refractivity contribution is 14.1. The summed E-state index contributed by atoms with van der Waals surface area (Å²) in [6.07, 6.45) is 29.7. The largest absolute Gasteiger partial charge is 0.461 e. The number of carbonyl (C=O) groups is 1. The summed E-state index contributed by atoms with van der Waals surface area (Å²) >= 11 is 2.39. The van der Waals surface area contributed by atoms with Crippen molar-refractivity contribution in [3.05, 3.63) is 60.8 Å². The number of rotatable bonds is 12. The second kappa shape index (κ2) is 15.2. The van der Waals surface area contributed by atoms with Crippen LogP contribution in [0.2, 0.25) is 0 Å². The number of hydrogen-bond donors (Lipinski definition) is 0. The molecule has 2 unspecified atom stereocenters. The molecule has 0 aliphatic carbocycles. The molecule has 0 aromatic heterocycles.